The highest BCUT2D eigenvalue weighted by molar-refractivity contribution is 7.00. The number of rotatable bonds is 4. The molecule has 0 atom stereocenters. The second-order valence-electron chi connectivity index (χ2n) is 14.5. The summed E-state index contributed by atoms with van der Waals surface area (Å²) >= 11 is 0. The van der Waals surface area contributed by atoms with Crippen LogP contribution in [0.5, 0.6) is 0 Å². The van der Waals surface area contributed by atoms with Gasteiger partial charge in [0.1, 0.15) is 0 Å². The van der Waals surface area contributed by atoms with Gasteiger partial charge in [-0.1, -0.05) is 116 Å². The lowest BCUT2D eigenvalue weighted by Gasteiger charge is -2.45. The second kappa shape index (κ2) is 11.8. The Labute approximate surface area is 295 Å². The third kappa shape index (κ3) is 4.71. The smallest absolute Gasteiger partial charge is 0.252 e. The first-order valence-electron chi connectivity index (χ1n) is 18.3. The standard InChI is InChI=1S/C47H39BN2/c1-32-21-25-41-44(27-32)50(40-19-9-4-10-20-40)46-31-38(33-13-5-2-6-14-33)30-45-47(46)48(41)42-29-37(36-23-22-34-15-11-12-16-35(34)28-36)24-26-43(42)49(45)39-17-7-3-8-18-39/h3-4,7-12,15-31,33H,2,5-6,13-14H2,1H3. The molecule has 1 aliphatic carbocycles. The zero-order chi connectivity index (χ0) is 33.2. The number of para-hydroxylation sites is 2. The van der Waals surface area contributed by atoms with E-state index in [2.05, 4.69) is 168 Å². The lowest BCUT2D eigenvalue weighted by molar-refractivity contribution is 0.444. The molecular formula is C47H39BN2. The molecular weight excluding hydrogens is 603 g/mol. The van der Waals surface area contributed by atoms with Crippen LogP contribution in [0.3, 0.4) is 0 Å². The first kappa shape index (κ1) is 29.4. The highest BCUT2D eigenvalue weighted by Crippen LogP contribution is 2.47. The maximum atomic E-state index is 2.57. The Hall–Kier alpha value is -5.54. The molecule has 1 saturated carbocycles. The molecule has 0 spiro atoms. The summed E-state index contributed by atoms with van der Waals surface area (Å²) in [6, 6.07) is 57.1. The molecule has 2 aliphatic heterocycles. The highest BCUT2D eigenvalue weighted by atomic mass is 15.2. The van der Waals surface area contributed by atoms with E-state index in [9.17, 15) is 0 Å². The van der Waals surface area contributed by atoms with Crippen LogP contribution in [-0.4, -0.2) is 6.71 Å². The molecule has 0 aromatic heterocycles. The van der Waals surface area contributed by atoms with E-state index in [-0.39, 0.29) is 6.71 Å². The average Bonchev–Trinajstić information content (AvgIpc) is 3.18. The quantitative estimate of drug-likeness (QED) is 0.176. The molecule has 0 unspecified atom stereocenters. The fourth-order valence-electron chi connectivity index (χ4n) is 9.06. The number of hydrogen-bond donors (Lipinski definition) is 0. The number of nitrogens with zero attached hydrogens (tertiary/aromatic N) is 2. The Morgan fingerprint density at radius 2 is 1.10 bits per heavy atom. The molecule has 7 aromatic rings. The van der Waals surface area contributed by atoms with E-state index in [1.807, 2.05) is 0 Å². The van der Waals surface area contributed by atoms with Gasteiger partial charge in [0.25, 0.3) is 6.71 Å². The van der Waals surface area contributed by atoms with Crippen molar-refractivity contribution in [1.29, 1.82) is 0 Å². The Kier molecular flexibility index (Phi) is 6.94. The van der Waals surface area contributed by atoms with Crippen LogP contribution in [-0.2, 0) is 0 Å². The van der Waals surface area contributed by atoms with Crippen molar-refractivity contribution < 1.29 is 0 Å². The van der Waals surface area contributed by atoms with Crippen LogP contribution in [0.25, 0.3) is 21.9 Å². The molecule has 7 aromatic carbocycles. The van der Waals surface area contributed by atoms with Crippen molar-refractivity contribution in [2.45, 2.75) is 44.9 Å². The van der Waals surface area contributed by atoms with Crippen molar-refractivity contribution in [3.63, 3.8) is 0 Å². The number of benzene rings is 7. The van der Waals surface area contributed by atoms with E-state index in [1.165, 1.54) is 116 Å². The molecule has 0 bridgehead atoms. The van der Waals surface area contributed by atoms with Gasteiger partial charge in [-0.2, -0.15) is 0 Å². The fourth-order valence-corrected chi connectivity index (χ4v) is 9.06. The van der Waals surface area contributed by atoms with Crippen LogP contribution in [0.4, 0.5) is 34.1 Å². The van der Waals surface area contributed by atoms with Crippen LogP contribution in [0, 0.1) is 6.92 Å². The predicted octanol–water partition coefficient (Wildman–Crippen LogP) is 10.9. The van der Waals surface area contributed by atoms with E-state index < -0.39 is 0 Å². The Morgan fingerprint density at radius 3 is 1.82 bits per heavy atom. The van der Waals surface area contributed by atoms with Gasteiger partial charge in [0.2, 0.25) is 0 Å². The number of fused-ring (bicyclic) bond motifs is 5. The lowest BCUT2D eigenvalue weighted by Crippen LogP contribution is -2.61. The van der Waals surface area contributed by atoms with Crippen molar-refractivity contribution >= 4 is 68.0 Å². The minimum absolute atomic E-state index is 0.103. The SMILES string of the molecule is Cc1ccc2c(c1)N(c1ccccc1)c1cc(C3CCCCC3)cc3c1B2c1cc(-c2ccc4ccccc4c2)ccc1N3c1ccccc1. The molecule has 0 amide bonds. The highest BCUT2D eigenvalue weighted by Gasteiger charge is 2.44. The van der Waals surface area contributed by atoms with Crippen LogP contribution in [0.1, 0.15) is 49.1 Å². The molecule has 1 fully saturated rings. The Morgan fingerprint density at radius 1 is 0.480 bits per heavy atom. The first-order chi connectivity index (χ1) is 24.7. The number of anilines is 6. The largest absolute Gasteiger partial charge is 0.311 e. The van der Waals surface area contributed by atoms with Gasteiger partial charge in [0.05, 0.1) is 0 Å². The van der Waals surface area contributed by atoms with E-state index in [4.69, 9.17) is 0 Å². The van der Waals surface area contributed by atoms with Gasteiger partial charge in [0, 0.05) is 34.1 Å². The molecule has 3 heteroatoms. The van der Waals surface area contributed by atoms with Crippen molar-refractivity contribution in [3.05, 3.63) is 163 Å². The Bertz CT molecular complexity index is 2390. The van der Waals surface area contributed by atoms with Gasteiger partial charge in [-0.05, 0) is 130 Å². The summed E-state index contributed by atoms with van der Waals surface area (Å²) in [4.78, 5) is 5.12. The maximum Gasteiger partial charge on any atom is 0.252 e. The molecule has 240 valence electrons. The first-order valence-corrected chi connectivity index (χ1v) is 18.3. The van der Waals surface area contributed by atoms with Gasteiger partial charge in [-0.25, -0.2) is 0 Å². The molecule has 2 nitrogen and oxygen atoms in total. The van der Waals surface area contributed by atoms with Gasteiger partial charge in [-0.3, -0.25) is 0 Å². The van der Waals surface area contributed by atoms with Gasteiger partial charge >= 0.3 is 0 Å². The lowest BCUT2D eigenvalue weighted by atomic mass is 9.33. The second-order valence-corrected chi connectivity index (χ2v) is 14.5. The van der Waals surface area contributed by atoms with Crippen LogP contribution in [0.15, 0.2) is 152 Å². The normalized spacial score (nSPS) is 15.1. The van der Waals surface area contributed by atoms with Gasteiger partial charge < -0.3 is 9.80 Å². The summed E-state index contributed by atoms with van der Waals surface area (Å²) in [5.41, 5.74) is 17.0. The monoisotopic (exact) mass is 642 g/mol. The summed E-state index contributed by atoms with van der Waals surface area (Å²) < 4.78 is 0. The van der Waals surface area contributed by atoms with Gasteiger partial charge in [-0.15, -0.1) is 0 Å². The predicted molar refractivity (Wildman–Crippen MR) is 214 cm³/mol. The zero-order valence-electron chi connectivity index (χ0n) is 28.5. The minimum atomic E-state index is 0.103. The Balaban J connectivity index is 1.28. The van der Waals surface area contributed by atoms with Crippen molar-refractivity contribution in [2.75, 3.05) is 9.80 Å². The minimum Gasteiger partial charge on any atom is -0.311 e. The number of hydrogen-bond acceptors (Lipinski definition) is 2. The van der Waals surface area contributed by atoms with Crippen LogP contribution in [0.2, 0.25) is 0 Å². The van der Waals surface area contributed by atoms with Crippen molar-refractivity contribution in [1.82, 2.24) is 0 Å². The summed E-state index contributed by atoms with van der Waals surface area (Å²) in [5, 5.41) is 2.54. The van der Waals surface area contributed by atoms with E-state index in [1.54, 1.807) is 0 Å². The molecule has 10 rings (SSSR count). The average molecular weight is 643 g/mol. The van der Waals surface area contributed by atoms with E-state index in [0.717, 1.165) is 0 Å². The zero-order valence-corrected chi connectivity index (χ0v) is 28.5. The summed E-state index contributed by atoms with van der Waals surface area (Å²) in [7, 11) is 0. The van der Waals surface area contributed by atoms with Crippen molar-refractivity contribution in [3.8, 4) is 11.1 Å². The van der Waals surface area contributed by atoms with Crippen LogP contribution < -0.4 is 26.2 Å². The molecule has 0 N–H and O–H groups in total. The summed E-state index contributed by atoms with van der Waals surface area (Å²) in [6.07, 6.45) is 6.50. The topological polar surface area (TPSA) is 6.48 Å². The summed E-state index contributed by atoms with van der Waals surface area (Å²) in [6.45, 7) is 2.33. The molecule has 2 heterocycles. The third-order valence-corrected chi connectivity index (χ3v) is 11.4. The molecule has 0 saturated heterocycles. The van der Waals surface area contributed by atoms with Crippen LogP contribution >= 0.6 is 0 Å². The van der Waals surface area contributed by atoms with E-state index >= 15 is 0 Å². The maximum absolute atomic E-state index is 2.57. The van der Waals surface area contributed by atoms with Gasteiger partial charge in [0.15, 0.2) is 0 Å². The molecule has 0 radical (unpaired) electrons. The third-order valence-electron chi connectivity index (χ3n) is 11.4. The molecule has 3 aliphatic rings. The van der Waals surface area contributed by atoms with Crippen molar-refractivity contribution in [2.24, 2.45) is 0 Å². The van der Waals surface area contributed by atoms with E-state index in [0.29, 0.717) is 5.92 Å². The number of aryl methyl sites for hydroxylation is 1. The fraction of sp³-hybridized carbons (Fsp3) is 0.149. The summed E-state index contributed by atoms with van der Waals surface area (Å²) in [5.74, 6) is 0.578. The molecule has 50 heavy (non-hydrogen) atoms.